The Morgan fingerprint density at radius 1 is 1.21 bits per heavy atom. The van der Waals surface area contributed by atoms with Gasteiger partial charge in [0, 0.05) is 10.7 Å². The van der Waals surface area contributed by atoms with Gasteiger partial charge < -0.3 is 5.32 Å². The number of benzene rings is 1. The van der Waals surface area contributed by atoms with Crippen LogP contribution in [-0.2, 0) is 11.2 Å². The van der Waals surface area contributed by atoms with Crippen LogP contribution in [0.1, 0.15) is 31.3 Å². The van der Waals surface area contributed by atoms with Crippen LogP contribution in [0, 0.1) is 5.92 Å². The number of nitrogens with one attached hydrogen (secondary N) is 1. The van der Waals surface area contributed by atoms with Crippen molar-refractivity contribution in [3.8, 4) is 0 Å². The van der Waals surface area contributed by atoms with E-state index >= 15 is 0 Å². The maximum atomic E-state index is 12.5. The fraction of sp³-hybridized carbons (Fsp3) is 0.278. The van der Waals surface area contributed by atoms with E-state index in [1.54, 1.807) is 0 Å². The number of fused-ring (bicyclic) bond motifs is 1. The van der Waals surface area contributed by atoms with Gasteiger partial charge in [-0.15, -0.1) is 10.2 Å². The quantitative estimate of drug-likeness (QED) is 0.729. The van der Waals surface area contributed by atoms with Gasteiger partial charge in [0.15, 0.2) is 11.5 Å². The molecule has 0 spiro atoms. The van der Waals surface area contributed by atoms with Crippen molar-refractivity contribution in [3.05, 3.63) is 64.5 Å². The van der Waals surface area contributed by atoms with E-state index in [4.69, 9.17) is 0 Å². The first-order valence-corrected chi connectivity index (χ1v) is 8.67. The predicted molar refractivity (Wildman–Crippen MR) is 96.6 cm³/mol. The van der Waals surface area contributed by atoms with E-state index in [0.717, 1.165) is 21.5 Å². The lowest BCUT2D eigenvalue weighted by atomic mass is 10.0. The number of halogens is 1. The zero-order valence-corrected chi connectivity index (χ0v) is 15.2. The minimum absolute atomic E-state index is 0.0283. The molecule has 3 rings (SSSR count). The Balaban J connectivity index is 1.80. The summed E-state index contributed by atoms with van der Waals surface area (Å²) in [6, 6.07) is 13.3. The summed E-state index contributed by atoms with van der Waals surface area (Å²) in [5, 5.41) is 11.6. The molecule has 0 saturated carbocycles. The van der Waals surface area contributed by atoms with Crippen molar-refractivity contribution in [2.75, 3.05) is 0 Å². The number of hydrogen-bond acceptors (Lipinski definition) is 3. The van der Waals surface area contributed by atoms with E-state index in [1.807, 2.05) is 53.1 Å². The smallest absolute Gasteiger partial charge is 0.225 e. The second-order valence-corrected chi connectivity index (χ2v) is 7.00. The van der Waals surface area contributed by atoms with Gasteiger partial charge in [-0.3, -0.25) is 9.20 Å². The van der Waals surface area contributed by atoms with Gasteiger partial charge in [0.05, 0.1) is 12.5 Å². The molecule has 1 atom stereocenters. The SMILES string of the molecule is CC(C)C(NC(=O)Cc1cccc(Br)c1)c1nnc2ccccn12. The molecule has 5 nitrogen and oxygen atoms in total. The van der Waals surface area contributed by atoms with Gasteiger partial charge in [-0.25, -0.2) is 0 Å². The first kappa shape index (κ1) is 16.6. The Kier molecular flexibility index (Phi) is 4.94. The fourth-order valence-corrected chi connectivity index (χ4v) is 3.10. The summed E-state index contributed by atoms with van der Waals surface area (Å²) in [5.74, 6) is 0.923. The molecule has 6 heteroatoms. The van der Waals surface area contributed by atoms with Crippen LogP contribution in [0.25, 0.3) is 5.65 Å². The van der Waals surface area contributed by atoms with Gasteiger partial charge in [-0.05, 0) is 35.7 Å². The van der Waals surface area contributed by atoms with Crippen LogP contribution in [0.4, 0.5) is 0 Å². The van der Waals surface area contributed by atoms with Crippen molar-refractivity contribution in [3.63, 3.8) is 0 Å². The Hall–Kier alpha value is -2.21. The number of rotatable bonds is 5. The molecule has 0 aliphatic heterocycles. The molecule has 2 heterocycles. The number of pyridine rings is 1. The molecule has 0 saturated heterocycles. The number of nitrogens with zero attached hydrogens (tertiary/aromatic N) is 3. The summed E-state index contributed by atoms with van der Waals surface area (Å²) in [7, 11) is 0. The summed E-state index contributed by atoms with van der Waals surface area (Å²) < 4.78 is 2.89. The Labute approximate surface area is 149 Å². The second kappa shape index (κ2) is 7.13. The van der Waals surface area contributed by atoms with E-state index in [-0.39, 0.29) is 17.9 Å². The molecule has 1 amide bonds. The largest absolute Gasteiger partial charge is 0.346 e. The lowest BCUT2D eigenvalue weighted by Gasteiger charge is -2.21. The molecule has 0 aliphatic carbocycles. The zero-order valence-electron chi connectivity index (χ0n) is 13.6. The lowest BCUT2D eigenvalue weighted by Crippen LogP contribution is -2.34. The molecular formula is C18H19BrN4O. The normalized spacial score (nSPS) is 12.5. The number of hydrogen-bond donors (Lipinski definition) is 1. The highest BCUT2D eigenvalue weighted by molar-refractivity contribution is 9.10. The average molecular weight is 387 g/mol. The van der Waals surface area contributed by atoms with Crippen LogP contribution in [0.3, 0.4) is 0 Å². The summed E-state index contributed by atoms with van der Waals surface area (Å²) >= 11 is 3.43. The third-order valence-corrected chi connectivity index (χ3v) is 4.35. The van der Waals surface area contributed by atoms with Crippen molar-refractivity contribution < 1.29 is 4.79 Å². The van der Waals surface area contributed by atoms with Crippen LogP contribution >= 0.6 is 15.9 Å². The molecule has 24 heavy (non-hydrogen) atoms. The average Bonchev–Trinajstić information content (AvgIpc) is 2.96. The summed E-state index contributed by atoms with van der Waals surface area (Å²) in [6.07, 6.45) is 2.25. The van der Waals surface area contributed by atoms with E-state index in [2.05, 4.69) is 45.3 Å². The first-order chi connectivity index (χ1) is 11.5. The fourth-order valence-electron chi connectivity index (χ4n) is 2.66. The molecule has 124 valence electrons. The minimum atomic E-state index is -0.193. The standard InChI is InChI=1S/C18H19BrN4O/c1-12(2)17(18-22-21-15-8-3-4-9-23(15)18)20-16(24)11-13-6-5-7-14(19)10-13/h3-10,12,17H,11H2,1-2H3,(H,20,24). The number of amides is 1. The third kappa shape index (κ3) is 3.64. The van der Waals surface area contributed by atoms with E-state index in [9.17, 15) is 4.79 Å². The van der Waals surface area contributed by atoms with Gasteiger partial charge in [-0.1, -0.05) is 48.0 Å². The second-order valence-electron chi connectivity index (χ2n) is 6.08. The first-order valence-electron chi connectivity index (χ1n) is 7.88. The zero-order chi connectivity index (χ0) is 17.1. The molecule has 1 aromatic carbocycles. The van der Waals surface area contributed by atoms with Crippen molar-refractivity contribution in [1.29, 1.82) is 0 Å². The highest BCUT2D eigenvalue weighted by atomic mass is 79.9. The van der Waals surface area contributed by atoms with E-state index in [0.29, 0.717) is 6.42 Å². The Morgan fingerprint density at radius 2 is 2.04 bits per heavy atom. The van der Waals surface area contributed by atoms with Gasteiger partial charge >= 0.3 is 0 Å². The van der Waals surface area contributed by atoms with Crippen LogP contribution in [0.2, 0.25) is 0 Å². The maximum absolute atomic E-state index is 12.5. The van der Waals surface area contributed by atoms with Crippen LogP contribution in [0.15, 0.2) is 53.1 Å². The summed E-state index contributed by atoms with van der Waals surface area (Å²) in [5.41, 5.74) is 1.75. The maximum Gasteiger partial charge on any atom is 0.225 e. The Bertz CT molecular complexity index is 859. The molecule has 0 aliphatic rings. The highest BCUT2D eigenvalue weighted by Gasteiger charge is 2.23. The van der Waals surface area contributed by atoms with Crippen LogP contribution in [-0.4, -0.2) is 20.5 Å². The number of carbonyl (C=O) groups is 1. The van der Waals surface area contributed by atoms with E-state index in [1.165, 1.54) is 0 Å². The molecule has 2 aromatic heterocycles. The number of carbonyl (C=O) groups excluding carboxylic acids is 1. The molecule has 1 N–H and O–H groups in total. The van der Waals surface area contributed by atoms with Gasteiger partial charge in [0.1, 0.15) is 0 Å². The van der Waals surface area contributed by atoms with Crippen molar-refractivity contribution in [2.24, 2.45) is 5.92 Å². The van der Waals surface area contributed by atoms with Crippen LogP contribution in [0.5, 0.6) is 0 Å². The molecule has 3 aromatic rings. The molecule has 0 radical (unpaired) electrons. The van der Waals surface area contributed by atoms with Gasteiger partial charge in [0.25, 0.3) is 0 Å². The molecule has 0 fully saturated rings. The van der Waals surface area contributed by atoms with Crippen molar-refractivity contribution >= 4 is 27.5 Å². The lowest BCUT2D eigenvalue weighted by molar-refractivity contribution is -0.121. The highest BCUT2D eigenvalue weighted by Crippen LogP contribution is 2.21. The molecule has 1 unspecified atom stereocenters. The van der Waals surface area contributed by atoms with Crippen molar-refractivity contribution in [2.45, 2.75) is 26.3 Å². The van der Waals surface area contributed by atoms with Crippen molar-refractivity contribution in [1.82, 2.24) is 19.9 Å². The van der Waals surface area contributed by atoms with Crippen LogP contribution < -0.4 is 5.32 Å². The summed E-state index contributed by atoms with van der Waals surface area (Å²) in [4.78, 5) is 12.5. The summed E-state index contributed by atoms with van der Waals surface area (Å²) in [6.45, 7) is 4.13. The predicted octanol–water partition coefficient (Wildman–Crippen LogP) is 3.55. The monoisotopic (exact) mass is 386 g/mol. The molecular weight excluding hydrogens is 368 g/mol. The van der Waals surface area contributed by atoms with E-state index < -0.39 is 0 Å². The topological polar surface area (TPSA) is 59.3 Å². The molecule has 0 bridgehead atoms. The van der Waals surface area contributed by atoms with Gasteiger partial charge in [0.2, 0.25) is 5.91 Å². The number of aromatic nitrogens is 3. The minimum Gasteiger partial charge on any atom is -0.346 e. The van der Waals surface area contributed by atoms with Gasteiger partial charge in [-0.2, -0.15) is 0 Å². The third-order valence-electron chi connectivity index (χ3n) is 3.86. The Morgan fingerprint density at radius 3 is 2.79 bits per heavy atom.